The van der Waals surface area contributed by atoms with E-state index in [1.54, 1.807) is 0 Å². The van der Waals surface area contributed by atoms with Gasteiger partial charge in [0.05, 0.1) is 6.04 Å². The number of rotatable bonds is 5. The first-order valence-corrected chi connectivity index (χ1v) is 10.1. The standard InChI is InChI=1S/C19H22F4N4O2/c20-16(21)13-2-4-27(13)18-24-15-11(1-3-19(15,22)23)17(25-18)26-7-9-5-10(8-26)12(9)6-14(28)29/h9-10,12-13,16H,1-8H2,(H,28,29). The van der Waals surface area contributed by atoms with Crippen LogP contribution in [0.2, 0.25) is 0 Å². The fraction of sp³-hybridized carbons (Fsp3) is 0.737. The number of hydrogen-bond acceptors (Lipinski definition) is 5. The van der Waals surface area contributed by atoms with Crippen molar-refractivity contribution in [3.8, 4) is 0 Å². The second kappa shape index (κ2) is 6.43. The van der Waals surface area contributed by atoms with Crippen LogP contribution < -0.4 is 9.80 Å². The van der Waals surface area contributed by atoms with E-state index in [1.807, 2.05) is 4.90 Å². The summed E-state index contributed by atoms with van der Waals surface area (Å²) >= 11 is 0. The Morgan fingerprint density at radius 2 is 1.97 bits per heavy atom. The molecule has 4 fully saturated rings. The highest BCUT2D eigenvalue weighted by Gasteiger charge is 2.50. The number of carboxylic acids is 1. The van der Waals surface area contributed by atoms with Gasteiger partial charge in [0.25, 0.3) is 12.3 Å². The average Bonchev–Trinajstić information content (AvgIpc) is 2.93. The quantitative estimate of drug-likeness (QED) is 0.748. The molecule has 0 aromatic carbocycles. The maximum atomic E-state index is 14.5. The summed E-state index contributed by atoms with van der Waals surface area (Å²) in [5.74, 6) is -3.03. The lowest BCUT2D eigenvalue weighted by molar-refractivity contribution is -0.141. The van der Waals surface area contributed by atoms with E-state index in [2.05, 4.69) is 9.97 Å². The lowest BCUT2D eigenvalue weighted by atomic mass is 9.60. The summed E-state index contributed by atoms with van der Waals surface area (Å²) in [5, 5.41) is 9.09. The summed E-state index contributed by atoms with van der Waals surface area (Å²) in [6, 6.07) is -1.04. The molecule has 158 valence electrons. The van der Waals surface area contributed by atoms with Gasteiger partial charge in [-0.2, -0.15) is 13.8 Å². The molecule has 3 aliphatic heterocycles. The van der Waals surface area contributed by atoms with E-state index >= 15 is 0 Å². The van der Waals surface area contributed by atoms with E-state index in [0.29, 0.717) is 31.0 Å². The SMILES string of the molecule is O=C(O)CC1C2CC1CN(c1nc(N3CCC3C(F)F)nc3c1CCC3(F)F)C2. The van der Waals surface area contributed by atoms with E-state index in [4.69, 9.17) is 5.11 Å². The van der Waals surface area contributed by atoms with Gasteiger partial charge in [-0.3, -0.25) is 4.79 Å². The van der Waals surface area contributed by atoms with Crippen LogP contribution in [0.15, 0.2) is 0 Å². The van der Waals surface area contributed by atoms with Crippen molar-refractivity contribution >= 4 is 17.7 Å². The van der Waals surface area contributed by atoms with Crippen LogP contribution in [0.4, 0.5) is 29.3 Å². The molecule has 1 N–H and O–H groups in total. The van der Waals surface area contributed by atoms with Gasteiger partial charge >= 0.3 is 5.97 Å². The summed E-state index contributed by atoms with van der Waals surface area (Å²) in [6.45, 7) is 1.44. The Morgan fingerprint density at radius 1 is 1.24 bits per heavy atom. The monoisotopic (exact) mass is 414 g/mol. The Morgan fingerprint density at radius 3 is 2.55 bits per heavy atom. The van der Waals surface area contributed by atoms with Gasteiger partial charge in [0.1, 0.15) is 11.5 Å². The predicted molar refractivity (Wildman–Crippen MR) is 95.6 cm³/mol. The first kappa shape index (κ1) is 18.9. The topological polar surface area (TPSA) is 69.6 Å². The highest BCUT2D eigenvalue weighted by atomic mass is 19.3. The number of anilines is 2. The van der Waals surface area contributed by atoms with Crippen molar-refractivity contribution in [3.05, 3.63) is 11.3 Å². The van der Waals surface area contributed by atoms with Gasteiger partial charge < -0.3 is 14.9 Å². The van der Waals surface area contributed by atoms with Crippen LogP contribution >= 0.6 is 0 Å². The molecule has 1 saturated carbocycles. The largest absolute Gasteiger partial charge is 0.481 e. The first-order valence-electron chi connectivity index (χ1n) is 10.1. The Labute approximate surface area is 164 Å². The number of alkyl halides is 4. The Hall–Kier alpha value is -2.13. The lowest BCUT2D eigenvalue weighted by Gasteiger charge is -2.54. The van der Waals surface area contributed by atoms with Crippen molar-refractivity contribution in [2.24, 2.45) is 17.8 Å². The van der Waals surface area contributed by atoms with Crippen LogP contribution in [0, 0.1) is 17.8 Å². The minimum Gasteiger partial charge on any atom is -0.481 e. The van der Waals surface area contributed by atoms with Gasteiger partial charge in [-0.05, 0) is 37.0 Å². The number of fused-ring (bicyclic) bond motifs is 3. The van der Waals surface area contributed by atoms with Crippen LogP contribution in [0.3, 0.4) is 0 Å². The molecule has 6 rings (SSSR count). The van der Waals surface area contributed by atoms with Crippen molar-refractivity contribution in [2.75, 3.05) is 29.4 Å². The molecule has 2 bridgehead atoms. The lowest BCUT2D eigenvalue weighted by Crippen LogP contribution is -2.56. The van der Waals surface area contributed by atoms with Crippen molar-refractivity contribution < 1.29 is 27.5 Å². The molecule has 2 aliphatic carbocycles. The van der Waals surface area contributed by atoms with Crippen molar-refractivity contribution in [1.29, 1.82) is 0 Å². The predicted octanol–water partition coefficient (Wildman–Crippen LogP) is 2.91. The summed E-state index contributed by atoms with van der Waals surface area (Å²) in [5.41, 5.74) is 0.0719. The summed E-state index contributed by atoms with van der Waals surface area (Å²) in [4.78, 5) is 22.8. The molecule has 3 unspecified atom stereocenters. The molecular weight excluding hydrogens is 392 g/mol. The molecule has 6 nitrogen and oxygen atoms in total. The number of carboxylic acid groups (broad SMARTS) is 1. The Bertz CT molecular complexity index is 840. The highest BCUT2D eigenvalue weighted by molar-refractivity contribution is 5.67. The Balaban J connectivity index is 1.47. The maximum Gasteiger partial charge on any atom is 0.303 e. The zero-order valence-electron chi connectivity index (χ0n) is 15.7. The molecule has 3 saturated heterocycles. The molecule has 10 heteroatoms. The van der Waals surface area contributed by atoms with Gasteiger partial charge in [-0.15, -0.1) is 0 Å². The highest BCUT2D eigenvalue weighted by Crippen LogP contribution is 2.50. The summed E-state index contributed by atoms with van der Waals surface area (Å²) < 4.78 is 55.3. The number of halogens is 4. The second-order valence-corrected chi connectivity index (χ2v) is 8.69. The van der Waals surface area contributed by atoms with Crippen LogP contribution in [-0.4, -0.2) is 53.1 Å². The maximum absolute atomic E-state index is 14.5. The minimum atomic E-state index is -3.09. The molecule has 0 radical (unpaired) electrons. The average molecular weight is 414 g/mol. The van der Waals surface area contributed by atoms with Crippen LogP contribution in [0.25, 0.3) is 0 Å². The smallest absolute Gasteiger partial charge is 0.303 e. The van der Waals surface area contributed by atoms with E-state index in [-0.39, 0.29) is 55.1 Å². The van der Waals surface area contributed by atoms with Gasteiger partial charge in [-0.25, -0.2) is 13.8 Å². The van der Waals surface area contributed by atoms with E-state index in [0.717, 1.165) is 6.42 Å². The third kappa shape index (κ3) is 2.93. The van der Waals surface area contributed by atoms with Crippen molar-refractivity contribution in [3.63, 3.8) is 0 Å². The second-order valence-electron chi connectivity index (χ2n) is 8.69. The third-order valence-electron chi connectivity index (χ3n) is 7.06. The van der Waals surface area contributed by atoms with E-state index in [1.165, 1.54) is 4.90 Å². The van der Waals surface area contributed by atoms with Crippen LogP contribution in [-0.2, 0) is 17.1 Å². The molecule has 5 aliphatic rings. The van der Waals surface area contributed by atoms with Gasteiger partial charge in [-0.1, -0.05) is 0 Å². The fourth-order valence-corrected chi connectivity index (χ4v) is 5.40. The molecule has 3 atom stereocenters. The van der Waals surface area contributed by atoms with Gasteiger partial charge in [0.15, 0.2) is 0 Å². The molecule has 0 spiro atoms. The number of aromatic nitrogens is 2. The summed E-state index contributed by atoms with van der Waals surface area (Å²) in [7, 11) is 0. The molecule has 4 heterocycles. The number of aliphatic carboxylic acids is 1. The molecule has 0 amide bonds. The third-order valence-corrected chi connectivity index (χ3v) is 7.06. The van der Waals surface area contributed by atoms with Gasteiger partial charge in [0.2, 0.25) is 5.95 Å². The van der Waals surface area contributed by atoms with Crippen LogP contribution in [0.5, 0.6) is 0 Å². The normalized spacial score (nSPS) is 32.0. The van der Waals surface area contributed by atoms with Crippen molar-refractivity contribution in [2.45, 2.75) is 50.5 Å². The van der Waals surface area contributed by atoms with Crippen LogP contribution in [0.1, 0.15) is 36.9 Å². The number of carbonyl (C=O) groups is 1. The van der Waals surface area contributed by atoms with E-state index < -0.39 is 24.4 Å². The van der Waals surface area contributed by atoms with Crippen molar-refractivity contribution in [1.82, 2.24) is 9.97 Å². The first-order chi connectivity index (χ1) is 13.7. The zero-order valence-corrected chi connectivity index (χ0v) is 15.7. The minimum absolute atomic E-state index is 0.0433. The summed E-state index contributed by atoms with van der Waals surface area (Å²) in [6.07, 6.45) is -1.44. The number of hydrogen-bond donors (Lipinski definition) is 1. The molecule has 1 aromatic rings. The molecular formula is C19H22F4N4O2. The molecule has 29 heavy (non-hydrogen) atoms. The molecule has 1 aromatic heterocycles. The zero-order chi connectivity index (χ0) is 20.5. The number of nitrogens with zero attached hydrogens (tertiary/aromatic N) is 4. The fourth-order valence-electron chi connectivity index (χ4n) is 5.40. The Kier molecular flexibility index (Phi) is 4.19. The number of piperidine rings is 2. The van der Waals surface area contributed by atoms with Gasteiger partial charge in [0, 0.05) is 38.0 Å². The van der Waals surface area contributed by atoms with E-state index in [9.17, 15) is 22.4 Å².